The summed E-state index contributed by atoms with van der Waals surface area (Å²) in [6, 6.07) is 0. The first kappa shape index (κ1) is 15.8. The Kier molecular flexibility index (Phi) is 10.8. The Labute approximate surface area is 58.4 Å². The van der Waals surface area contributed by atoms with Crippen molar-refractivity contribution in [3.05, 3.63) is 0 Å². The van der Waals surface area contributed by atoms with Crippen LogP contribution in [0.5, 0.6) is 0 Å². The van der Waals surface area contributed by atoms with Gasteiger partial charge in [0.2, 0.25) is 10.4 Å². The summed E-state index contributed by atoms with van der Waals surface area (Å²) in [4.78, 5) is 0. The Morgan fingerprint density at radius 2 is 1.62 bits per heavy atom. The fourth-order valence-corrected chi connectivity index (χ4v) is 0. The van der Waals surface area contributed by atoms with E-state index >= 15 is 0 Å². The van der Waals surface area contributed by atoms with E-state index in [0.717, 1.165) is 7.11 Å². The maximum absolute atomic E-state index is 9.22. The van der Waals surface area contributed by atoms with Gasteiger partial charge in [0.25, 0.3) is 0 Å². The summed E-state index contributed by atoms with van der Waals surface area (Å²) in [6.45, 7) is 0. The van der Waals surface area contributed by atoms with Crippen LogP contribution in [-0.2, 0) is 31.7 Å². The van der Waals surface area contributed by atoms with E-state index in [9.17, 15) is 13.0 Å². The Morgan fingerprint density at radius 1 is 1.50 bits per heavy atom. The molecular weight excluding hydrogens is 178 g/mol. The van der Waals surface area contributed by atoms with Crippen molar-refractivity contribution >= 4 is 10.4 Å². The molecule has 0 bridgehead atoms. The summed E-state index contributed by atoms with van der Waals surface area (Å²) >= 11 is 0. The Hall–Kier alpha value is 0.349. The Bertz CT molecular complexity index is 118. The van der Waals surface area contributed by atoms with Crippen LogP contribution in [0.4, 0.5) is 0 Å². The summed E-state index contributed by atoms with van der Waals surface area (Å²) in [7, 11) is -3.60. The second kappa shape index (κ2) is 5.49. The summed E-state index contributed by atoms with van der Waals surface area (Å²) in [5.41, 5.74) is 0. The van der Waals surface area contributed by atoms with E-state index in [4.69, 9.17) is 0 Å². The molecule has 4 N–H and O–H groups in total. The molecule has 0 aliphatic carbocycles. The van der Waals surface area contributed by atoms with Crippen molar-refractivity contribution in [1.29, 1.82) is 0 Å². The van der Waals surface area contributed by atoms with Gasteiger partial charge in [-0.1, -0.05) is 0 Å². The average Bonchev–Trinajstić information content (AvgIpc) is 1.35. The topological polar surface area (TPSA) is 103 Å². The van der Waals surface area contributed by atoms with Gasteiger partial charge in [0.15, 0.2) is 0 Å². The van der Waals surface area contributed by atoms with E-state index in [1.54, 1.807) is 0 Å². The predicted octanol–water partition coefficient (Wildman–Crippen LogP) is -0.533. The fraction of sp³-hybridized carbons (Fsp3) is 1.00. The molecule has 0 amide bonds. The van der Waals surface area contributed by atoms with Gasteiger partial charge in [0.1, 0.15) is 0 Å². The third kappa shape index (κ3) is 16.2. The van der Waals surface area contributed by atoms with Gasteiger partial charge in [0.05, 0.1) is 7.11 Å². The van der Waals surface area contributed by atoms with E-state index < -0.39 is 10.4 Å². The van der Waals surface area contributed by atoms with E-state index in [1.165, 1.54) is 0 Å². The van der Waals surface area contributed by atoms with Crippen molar-refractivity contribution in [3.8, 4) is 0 Å². The van der Waals surface area contributed by atoms with Gasteiger partial charge in [-0.3, -0.25) is 4.18 Å². The van der Waals surface area contributed by atoms with Gasteiger partial charge in [-0.2, -0.15) is 0 Å². The zero-order chi connectivity index (χ0) is 5.21. The molecule has 0 radical (unpaired) electrons. The maximum Gasteiger partial charge on any atom is 0.217 e. The second-order valence-corrected chi connectivity index (χ2v) is 1.72. The molecule has 0 aromatic rings. The summed E-state index contributed by atoms with van der Waals surface area (Å²) in [6.07, 6.45) is 0. The van der Waals surface area contributed by atoms with Crippen LogP contribution in [0.25, 0.3) is 0 Å². The second-order valence-electron chi connectivity index (χ2n) is 0.575. The first-order valence-electron chi connectivity index (χ1n) is 1.07. The average molecular weight is 185 g/mol. The van der Waals surface area contributed by atoms with Crippen molar-refractivity contribution in [3.63, 3.8) is 0 Å². The molecule has 8 heavy (non-hydrogen) atoms. The van der Waals surface area contributed by atoms with Crippen LogP contribution in [0.15, 0.2) is 0 Å². The summed E-state index contributed by atoms with van der Waals surface area (Å²) < 4.78 is 31.0. The van der Waals surface area contributed by atoms with E-state index in [1.807, 2.05) is 0 Å². The molecule has 0 saturated carbocycles. The van der Waals surface area contributed by atoms with Crippen LogP contribution in [0, 0.1) is 0 Å². The van der Waals surface area contributed by atoms with Crippen molar-refractivity contribution in [2.45, 2.75) is 0 Å². The summed E-state index contributed by atoms with van der Waals surface area (Å²) in [5, 5.41) is 0. The van der Waals surface area contributed by atoms with Gasteiger partial charge >= 0.3 is 0 Å². The number of rotatable bonds is 1. The van der Waals surface area contributed by atoms with Crippen LogP contribution < -0.4 is 6.15 Å². The molecule has 0 aliphatic rings. The van der Waals surface area contributed by atoms with Crippen molar-refractivity contribution in [1.82, 2.24) is 6.15 Å². The summed E-state index contributed by atoms with van der Waals surface area (Å²) in [5.74, 6) is 0. The number of hydrogen-bond donors (Lipinski definition) is 1. The fourth-order valence-electron chi connectivity index (χ4n) is 0. The zero-order valence-corrected chi connectivity index (χ0v) is 6.32. The monoisotopic (exact) mass is 185 g/mol. The molecule has 0 atom stereocenters. The molecule has 5 nitrogen and oxygen atoms in total. The zero-order valence-electron chi connectivity index (χ0n) is 4.39. The van der Waals surface area contributed by atoms with Crippen molar-refractivity contribution < 1.29 is 34.2 Å². The quantitative estimate of drug-likeness (QED) is 0.336. The molecule has 0 rings (SSSR count). The minimum Gasteiger partial charge on any atom is -0.726 e. The first-order chi connectivity index (χ1) is 2.56. The number of quaternary nitrogens is 1. The molecule has 0 aromatic heterocycles. The third-order valence-corrected chi connectivity index (χ3v) is 0.612. The molecule has 0 aliphatic heterocycles. The van der Waals surface area contributed by atoms with E-state index in [2.05, 4.69) is 4.18 Å². The predicted molar refractivity (Wildman–Crippen MR) is 22.7 cm³/mol. The van der Waals surface area contributed by atoms with Crippen molar-refractivity contribution in [2.24, 2.45) is 0 Å². The smallest absolute Gasteiger partial charge is 0.217 e. The molecule has 54 valence electrons. The normalized spacial score (nSPS) is 8.75. The van der Waals surface area contributed by atoms with Gasteiger partial charge in [-0.05, 0) is 0 Å². The van der Waals surface area contributed by atoms with Crippen LogP contribution in [0.1, 0.15) is 0 Å². The molecule has 0 saturated heterocycles. The van der Waals surface area contributed by atoms with Gasteiger partial charge in [-0.25, -0.2) is 8.42 Å². The molecule has 0 unspecified atom stereocenters. The molecule has 0 spiro atoms. The minimum absolute atomic E-state index is 0. The molecular formula is CH7FeNO4S. The standard InChI is InChI=1S/CH4O4S.Fe.H3N/c1-5-6(2,3)4;;/h1H3,(H,2,3,4);;1H3. The Balaban J connectivity index is -0.000000125. The molecule has 0 fully saturated rings. The van der Waals surface area contributed by atoms with Gasteiger partial charge in [-0.15, -0.1) is 0 Å². The SMILES string of the molecule is COS(=O)(=O)[O-].[Fe].[NH4+]. The van der Waals surface area contributed by atoms with E-state index in [-0.39, 0.29) is 23.2 Å². The van der Waals surface area contributed by atoms with Gasteiger partial charge < -0.3 is 10.7 Å². The van der Waals surface area contributed by atoms with Crippen LogP contribution in [-0.4, -0.2) is 20.1 Å². The largest absolute Gasteiger partial charge is 0.726 e. The van der Waals surface area contributed by atoms with Gasteiger partial charge in [0, 0.05) is 17.1 Å². The van der Waals surface area contributed by atoms with Crippen LogP contribution >= 0.6 is 0 Å². The third-order valence-electron chi connectivity index (χ3n) is 0.204. The van der Waals surface area contributed by atoms with Crippen molar-refractivity contribution in [2.75, 3.05) is 7.11 Å². The number of hydrogen-bond acceptors (Lipinski definition) is 4. The Morgan fingerprint density at radius 3 is 1.62 bits per heavy atom. The van der Waals surface area contributed by atoms with Crippen LogP contribution in [0.3, 0.4) is 0 Å². The molecule has 7 heteroatoms. The maximum atomic E-state index is 9.22. The molecule has 0 heterocycles. The van der Waals surface area contributed by atoms with E-state index in [0.29, 0.717) is 0 Å². The first-order valence-corrected chi connectivity index (χ1v) is 2.41. The van der Waals surface area contributed by atoms with Crippen LogP contribution in [0.2, 0.25) is 0 Å². The molecule has 0 aromatic carbocycles. The minimum atomic E-state index is -4.41.